The minimum atomic E-state index is -0.702. The summed E-state index contributed by atoms with van der Waals surface area (Å²) in [5.74, 6) is -0.702. The second kappa shape index (κ2) is 5.32. The van der Waals surface area contributed by atoms with Crippen molar-refractivity contribution in [3.05, 3.63) is 35.4 Å². The van der Waals surface area contributed by atoms with Crippen molar-refractivity contribution in [3.8, 4) is 0 Å². The molecule has 1 atom stereocenters. The molecule has 1 N–H and O–H groups in total. The van der Waals surface area contributed by atoms with Crippen LogP contribution in [-0.4, -0.2) is 28.6 Å². The zero-order valence-electron chi connectivity index (χ0n) is 10.2. The van der Waals surface area contributed by atoms with E-state index in [0.717, 1.165) is 25.9 Å². The van der Waals surface area contributed by atoms with Crippen LogP contribution in [0.15, 0.2) is 24.3 Å². The van der Waals surface area contributed by atoms with Crippen molar-refractivity contribution in [1.82, 2.24) is 4.90 Å². The summed E-state index contributed by atoms with van der Waals surface area (Å²) in [6, 6.07) is 8.01. The third kappa shape index (κ3) is 2.67. The minimum absolute atomic E-state index is 0.346. The third-order valence-electron chi connectivity index (χ3n) is 3.50. The monoisotopic (exact) mass is 233 g/mol. The summed E-state index contributed by atoms with van der Waals surface area (Å²) in [6.07, 6.45) is 2.76. The average Bonchev–Trinajstić information content (AvgIpc) is 2.51. The fraction of sp³-hybridized carbons (Fsp3) is 0.500. The second-order valence-corrected chi connectivity index (χ2v) is 4.61. The fourth-order valence-corrected chi connectivity index (χ4v) is 2.58. The summed E-state index contributed by atoms with van der Waals surface area (Å²) in [7, 11) is 0. The van der Waals surface area contributed by atoms with E-state index in [4.69, 9.17) is 0 Å². The Morgan fingerprint density at radius 3 is 2.76 bits per heavy atom. The standard InChI is InChI=1S/C14H19NO2/c1-2-13(14(16)17)15-9-5-8-11-6-3-4-7-12(11)10-15/h3-4,6-7,13H,2,5,8-10H2,1H3,(H,16,17). The molecule has 0 spiro atoms. The van der Waals surface area contributed by atoms with Crippen LogP contribution in [0.4, 0.5) is 0 Å². The van der Waals surface area contributed by atoms with Crippen molar-refractivity contribution in [1.29, 1.82) is 0 Å². The number of aliphatic carboxylic acids is 1. The normalized spacial score (nSPS) is 18.2. The topological polar surface area (TPSA) is 40.5 Å². The van der Waals surface area contributed by atoms with Gasteiger partial charge in [0.25, 0.3) is 0 Å². The lowest BCUT2D eigenvalue weighted by atomic mass is 10.0. The molecule has 0 bridgehead atoms. The molecule has 92 valence electrons. The molecule has 1 heterocycles. The van der Waals surface area contributed by atoms with Gasteiger partial charge in [-0.05, 0) is 36.9 Å². The van der Waals surface area contributed by atoms with Gasteiger partial charge >= 0.3 is 5.97 Å². The van der Waals surface area contributed by atoms with Gasteiger partial charge in [-0.25, -0.2) is 0 Å². The van der Waals surface area contributed by atoms with Crippen LogP contribution in [0.1, 0.15) is 30.9 Å². The number of fused-ring (bicyclic) bond motifs is 1. The SMILES string of the molecule is CCC(C(=O)O)N1CCCc2ccccc2C1. The van der Waals surface area contributed by atoms with Gasteiger partial charge in [-0.2, -0.15) is 0 Å². The lowest BCUT2D eigenvalue weighted by Crippen LogP contribution is -2.40. The van der Waals surface area contributed by atoms with E-state index in [1.165, 1.54) is 11.1 Å². The number of benzene rings is 1. The van der Waals surface area contributed by atoms with E-state index in [0.29, 0.717) is 6.42 Å². The van der Waals surface area contributed by atoms with Crippen LogP contribution in [0.25, 0.3) is 0 Å². The van der Waals surface area contributed by atoms with Gasteiger partial charge in [-0.15, -0.1) is 0 Å². The maximum atomic E-state index is 11.2. The lowest BCUT2D eigenvalue weighted by molar-refractivity contribution is -0.143. The minimum Gasteiger partial charge on any atom is -0.480 e. The molecule has 0 amide bonds. The molecule has 0 saturated carbocycles. The summed E-state index contributed by atoms with van der Waals surface area (Å²) >= 11 is 0. The van der Waals surface area contributed by atoms with E-state index in [9.17, 15) is 9.90 Å². The molecule has 2 rings (SSSR count). The van der Waals surface area contributed by atoms with E-state index in [1.54, 1.807) is 0 Å². The summed E-state index contributed by atoms with van der Waals surface area (Å²) in [5, 5.41) is 9.22. The Morgan fingerprint density at radius 2 is 2.12 bits per heavy atom. The van der Waals surface area contributed by atoms with Gasteiger partial charge in [0.15, 0.2) is 0 Å². The highest BCUT2D eigenvalue weighted by Gasteiger charge is 2.25. The number of hydrogen-bond donors (Lipinski definition) is 1. The second-order valence-electron chi connectivity index (χ2n) is 4.61. The van der Waals surface area contributed by atoms with Crippen molar-refractivity contribution in [2.75, 3.05) is 6.54 Å². The van der Waals surface area contributed by atoms with Crippen LogP contribution in [0.5, 0.6) is 0 Å². The predicted molar refractivity (Wildman–Crippen MR) is 66.9 cm³/mol. The molecule has 0 aliphatic carbocycles. The number of nitrogens with zero attached hydrogens (tertiary/aromatic N) is 1. The predicted octanol–water partition coefficient (Wildman–Crippen LogP) is 2.30. The number of aryl methyl sites for hydroxylation is 1. The van der Waals surface area contributed by atoms with Crippen molar-refractivity contribution in [2.24, 2.45) is 0 Å². The quantitative estimate of drug-likeness (QED) is 0.871. The van der Waals surface area contributed by atoms with Gasteiger partial charge in [0.1, 0.15) is 6.04 Å². The molecule has 1 aromatic rings. The Kier molecular flexibility index (Phi) is 3.79. The first-order valence-electron chi connectivity index (χ1n) is 6.26. The first-order valence-corrected chi connectivity index (χ1v) is 6.26. The third-order valence-corrected chi connectivity index (χ3v) is 3.50. The largest absolute Gasteiger partial charge is 0.480 e. The molecule has 3 heteroatoms. The maximum Gasteiger partial charge on any atom is 0.320 e. The van der Waals surface area contributed by atoms with Gasteiger partial charge < -0.3 is 5.11 Å². The molecular formula is C14H19NO2. The van der Waals surface area contributed by atoms with E-state index in [-0.39, 0.29) is 6.04 Å². The van der Waals surface area contributed by atoms with Crippen LogP contribution < -0.4 is 0 Å². The highest BCUT2D eigenvalue weighted by Crippen LogP contribution is 2.20. The number of carboxylic acids is 1. The van der Waals surface area contributed by atoms with Crippen molar-refractivity contribution in [2.45, 2.75) is 38.8 Å². The molecule has 1 unspecified atom stereocenters. The van der Waals surface area contributed by atoms with Crippen LogP contribution in [0.2, 0.25) is 0 Å². The molecule has 0 saturated heterocycles. The molecule has 1 aliphatic heterocycles. The summed E-state index contributed by atoms with van der Waals surface area (Å²) in [4.78, 5) is 13.3. The van der Waals surface area contributed by atoms with Gasteiger partial charge in [0.2, 0.25) is 0 Å². The highest BCUT2D eigenvalue weighted by atomic mass is 16.4. The van der Waals surface area contributed by atoms with Crippen molar-refractivity contribution in [3.63, 3.8) is 0 Å². The highest BCUT2D eigenvalue weighted by molar-refractivity contribution is 5.73. The molecule has 1 aromatic carbocycles. The average molecular weight is 233 g/mol. The first-order chi connectivity index (χ1) is 8.22. The smallest absolute Gasteiger partial charge is 0.320 e. The van der Waals surface area contributed by atoms with Crippen LogP contribution >= 0.6 is 0 Å². The van der Waals surface area contributed by atoms with E-state index in [1.807, 2.05) is 13.0 Å². The first kappa shape index (κ1) is 12.1. The number of carboxylic acid groups (broad SMARTS) is 1. The van der Waals surface area contributed by atoms with Gasteiger partial charge in [-0.1, -0.05) is 31.2 Å². The molecule has 0 radical (unpaired) electrons. The Balaban J connectivity index is 2.20. The lowest BCUT2D eigenvalue weighted by Gasteiger charge is -2.26. The molecular weight excluding hydrogens is 214 g/mol. The van der Waals surface area contributed by atoms with Crippen molar-refractivity contribution >= 4 is 5.97 Å². The van der Waals surface area contributed by atoms with E-state index in [2.05, 4.69) is 23.1 Å². The Morgan fingerprint density at radius 1 is 1.41 bits per heavy atom. The summed E-state index contributed by atoms with van der Waals surface area (Å²) in [6.45, 7) is 3.58. The van der Waals surface area contributed by atoms with Gasteiger partial charge in [0.05, 0.1) is 0 Å². The van der Waals surface area contributed by atoms with E-state index >= 15 is 0 Å². The van der Waals surface area contributed by atoms with Gasteiger partial charge in [-0.3, -0.25) is 9.69 Å². The number of hydrogen-bond acceptors (Lipinski definition) is 2. The van der Waals surface area contributed by atoms with E-state index < -0.39 is 5.97 Å². The number of carbonyl (C=O) groups is 1. The summed E-state index contributed by atoms with van der Waals surface area (Å²) in [5.41, 5.74) is 2.65. The molecule has 3 nitrogen and oxygen atoms in total. The molecule has 0 aromatic heterocycles. The van der Waals surface area contributed by atoms with Gasteiger partial charge in [0, 0.05) is 6.54 Å². The Hall–Kier alpha value is -1.35. The molecule has 17 heavy (non-hydrogen) atoms. The fourth-order valence-electron chi connectivity index (χ4n) is 2.58. The van der Waals surface area contributed by atoms with Crippen LogP contribution in [-0.2, 0) is 17.8 Å². The molecule has 0 fully saturated rings. The zero-order chi connectivity index (χ0) is 12.3. The Bertz CT molecular complexity index is 403. The van der Waals surface area contributed by atoms with Crippen molar-refractivity contribution < 1.29 is 9.90 Å². The van der Waals surface area contributed by atoms with Crippen LogP contribution in [0.3, 0.4) is 0 Å². The molecule has 1 aliphatic rings. The maximum absolute atomic E-state index is 11.2. The number of rotatable bonds is 3. The Labute approximate surface area is 102 Å². The zero-order valence-corrected chi connectivity index (χ0v) is 10.2. The summed E-state index contributed by atoms with van der Waals surface area (Å²) < 4.78 is 0. The van der Waals surface area contributed by atoms with Crippen LogP contribution in [0, 0.1) is 0 Å².